The molecule has 0 atom stereocenters. The van der Waals surface area contributed by atoms with Crippen molar-refractivity contribution in [3.8, 4) is 0 Å². The predicted molar refractivity (Wildman–Crippen MR) is 112 cm³/mol. The third-order valence-corrected chi connectivity index (χ3v) is 5.45. The number of carbonyl (C=O) groups excluding carboxylic acids is 1. The molecule has 2 N–H and O–H groups in total. The number of nitrogens with zero attached hydrogens (tertiary/aromatic N) is 6. The molecule has 0 aliphatic carbocycles. The first-order chi connectivity index (χ1) is 13.5. The summed E-state index contributed by atoms with van der Waals surface area (Å²) in [6.45, 7) is 9.92. The molecule has 0 unspecified atom stereocenters. The summed E-state index contributed by atoms with van der Waals surface area (Å²) in [4.78, 5) is 22.0. The second kappa shape index (κ2) is 9.28. The van der Waals surface area contributed by atoms with Gasteiger partial charge in [0.15, 0.2) is 10.8 Å². The zero-order valence-electron chi connectivity index (χ0n) is 16.4. The van der Waals surface area contributed by atoms with Gasteiger partial charge in [-0.15, -0.1) is 5.10 Å². The third-order valence-electron chi connectivity index (χ3n) is 3.89. The molecule has 3 aromatic rings. The molecule has 0 spiro atoms. The van der Waals surface area contributed by atoms with E-state index in [-0.39, 0.29) is 5.91 Å². The van der Waals surface area contributed by atoms with Crippen LogP contribution >= 0.6 is 23.3 Å². The van der Waals surface area contributed by atoms with Crippen molar-refractivity contribution in [1.29, 1.82) is 0 Å². The molecule has 0 saturated heterocycles. The molecular formula is C17H24N8OS2. The number of aryl methyl sites for hydroxylation is 1. The van der Waals surface area contributed by atoms with Crippen molar-refractivity contribution in [3.63, 3.8) is 0 Å². The van der Waals surface area contributed by atoms with E-state index in [1.807, 2.05) is 0 Å². The molecule has 0 saturated carbocycles. The van der Waals surface area contributed by atoms with Gasteiger partial charge in [0.25, 0.3) is 5.91 Å². The van der Waals surface area contributed by atoms with Crippen LogP contribution in [-0.2, 0) is 6.54 Å². The van der Waals surface area contributed by atoms with Gasteiger partial charge in [-0.3, -0.25) is 4.79 Å². The number of hydrogen-bond donors (Lipinski definition) is 2. The topological polar surface area (TPSA) is 111 Å². The molecule has 0 aromatic carbocycles. The van der Waals surface area contributed by atoms with Crippen LogP contribution < -0.4 is 10.6 Å². The Balaban J connectivity index is 1.75. The smallest absolute Gasteiger partial charge is 0.265 e. The van der Waals surface area contributed by atoms with Crippen LogP contribution in [0.3, 0.4) is 0 Å². The second-order valence-electron chi connectivity index (χ2n) is 6.61. The Labute approximate surface area is 171 Å². The first kappa shape index (κ1) is 20.5. The summed E-state index contributed by atoms with van der Waals surface area (Å²) in [5, 5.41) is 16.2. The van der Waals surface area contributed by atoms with Gasteiger partial charge in [-0.25, -0.2) is 14.6 Å². The van der Waals surface area contributed by atoms with Gasteiger partial charge in [0.05, 0.1) is 23.8 Å². The van der Waals surface area contributed by atoms with E-state index in [2.05, 4.69) is 56.1 Å². The van der Waals surface area contributed by atoms with Crippen LogP contribution in [0.2, 0.25) is 0 Å². The number of anilines is 1. The quantitative estimate of drug-likeness (QED) is 0.401. The third kappa shape index (κ3) is 4.76. The number of fused-ring (bicyclic) bond motifs is 1. The van der Waals surface area contributed by atoms with Gasteiger partial charge in [-0.1, -0.05) is 37.0 Å². The summed E-state index contributed by atoms with van der Waals surface area (Å²) >= 11 is 2.69. The molecule has 9 nitrogen and oxygen atoms in total. The molecule has 0 radical (unpaired) electrons. The lowest BCUT2D eigenvalue weighted by molar-refractivity contribution is 0.0955. The van der Waals surface area contributed by atoms with Gasteiger partial charge in [0.2, 0.25) is 0 Å². The highest BCUT2D eigenvalue weighted by Crippen LogP contribution is 2.24. The fourth-order valence-electron chi connectivity index (χ4n) is 2.52. The Morgan fingerprint density at radius 1 is 1.36 bits per heavy atom. The molecule has 3 heterocycles. The van der Waals surface area contributed by atoms with Crippen molar-refractivity contribution in [2.24, 2.45) is 5.92 Å². The van der Waals surface area contributed by atoms with Crippen molar-refractivity contribution < 1.29 is 4.79 Å². The Bertz CT molecular complexity index is 952. The monoisotopic (exact) mass is 420 g/mol. The van der Waals surface area contributed by atoms with Gasteiger partial charge in [-0.05, 0) is 30.1 Å². The lowest BCUT2D eigenvalue weighted by Crippen LogP contribution is -2.27. The van der Waals surface area contributed by atoms with Gasteiger partial charge < -0.3 is 10.6 Å². The van der Waals surface area contributed by atoms with Crippen LogP contribution in [0.5, 0.6) is 0 Å². The summed E-state index contributed by atoms with van der Waals surface area (Å²) in [6.07, 6.45) is 1.78. The minimum Gasteiger partial charge on any atom is -0.369 e. The molecule has 0 aliphatic rings. The number of rotatable bonds is 9. The van der Waals surface area contributed by atoms with E-state index in [0.29, 0.717) is 29.6 Å². The lowest BCUT2D eigenvalue weighted by Gasteiger charge is -2.11. The summed E-state index contributed by atoms with van der Waals surface area (Å²) < 4.78 is 5.60. The first-order valence-corrected chi connectivity index (χ1v) is 10.9. The van der Waals surface area contributed by atoms with Crippen LogP contribution in [0.25, 0.3) is 11.0 Å². The van der Waals surface area contributed by atoms with Crippen molar-refractivity contribution >= 4 is 46.1 Å². The standard InChI is InChI=1S/C17H24N8OS2/c1-5-27-17-21-14(19-8-10(2)3)12-9-20-25(15(12)22-17)7-6-18-16(26)13-11(4)23-24-28-13/h9-10H,5-8H2,1-4H3,(H,18,26)(H,19,21,22). The van der Waals surface area contributed by atoms with Crippen molar-refractivity contribution in [3.05, 3.63) is 16.8 Å². The Morgan fingerprint density at radius 2 is 2.18 bits per heavy atom. The molecule has 3 rings (SSSR count). The molecule has 11 heteroatoms. The van der Waals surface area contributed by atoms with Gasteiger partial charge in [0.1, 0.15) is 10.7 Å². The molecule has 150 valence electrons. The van der Waals surface area contributed by atoms with Crippen LogP contribution in [0.1, 0.15) is 36.1 Å². The van der Waals surface area contributed by atoms with Gasteiger partial charge >= 0.3 is 0 Å². The van der Waals surface area contributed by atoms with E-state index in [0.717, 1.165) is 45.8 Å². The molecule has 1 amide bonds. The Hall–Kier alpha value is -2.27. The number of aromatic nitrogens is 6. The van der Waals surface area contributed by atoms with Crippen LogP contribution in [0.4, 0.5) is 5.82 Å². The normalized spacial score (nSPS) is 11.3. The maximum Gasteiger partial charge on any atom is 0.265 e. The molecule has 28 heavy (non-hydrogen) atoms. The molecule has 0 bridgehead atoms. The Morgan fingerprint density at radius 3 is 2.86 bits per heavy atom. The van der Waals surface area contributed by atoms with Gasteiger partial charge in [-0.2, -0.15) is 5.10 Å². The maximum atomic E-state index is 12.2. The molecule has 3 aromatic heterocycles. The zero-order chi connectivity index (χ0) is 20.1. The minimum atomic E-state index is -0.167. The summed E-state index contributed by atoms with van der Waals surface area (Å²) in [7, 11) is 0. The molecule has 0 aliphatic heterocycles. The number of thioether (sulfide) groups is 1. The highest BCUT2D eigenvalue weighted by Gasteiger charge is 2.15. The first-order valence-electron chi connectivity index (χ1n) is 9.17. The van der Waals surface area contributed by atoms with E-state index in [4.69, 9.17) is 0 Å². The van der Waals surface area contributed by atoms with Crippen LogP contribution in [0.15, 0.2) is 11.4 Å². The number of nitrogens with one attached hydrogen (secondary N) is 2. The summed E-state index contributed by atoms with van der Waals surface area (Å²) in [5.41, 5.74) is 1.41. The number of hydrogen-bond acceptors (Lipinski definition) is 9. The molecule has 0 fully saturated rings. The van der Waals surface area contributed by atoms with Crippen molar-refractivity contribution in [1.82, 2.24) is 34.7 Å². The van der Waals surface area contributed by atoms with E-state index in [1.165, 1.54) is 0 Å². The largest absolute Gasteiger partial charge is 0.369 e. The lowest BCUT2D eigenvalue weighted by atomic mass is 10.2. The minimum absolute atomic E-state index is 0.167. The average molecular weight is 421 g/mol. The van der Waals surface area contributed by atoms with Crippen molar-refractivity contribution in [2.45, 2.75) is 39.4 Å². The van der Waals surface area contributed by atoms with Crippen LogP contribution in [-0.4, -0.2) is 54.1 Å². The van der Waals surface area contributed by atoms with E-state index in [1.54, 1.807) is 29.6 Å². The Kier molecular flexibility index (Phi) is 6.79. The SMILES string of the molecule is CCSc1nc(NCC(C)C)c2cnn(CCNC(=O)c3snnc3C)c2n1. The fourth-order valence-corrected chi connectivity index (χ4v) is 3.66. The highest BCUT2D eigenvalue weighted by atomic mass is 32.2. The van der Waals surface area contributed by atoms with Crippen LogP contribution in [0, 0.1) is 12.8 Å². The maximum absolute atomic E-state index is 12.2. The number of carbonyl (C=O) groups is 1. The summed E-state index contributed by atoms with van der Waals surface area (Å²) in [6, 6.07) is 0. The van der Waals surface area contributed by atoms with Crippen molar-refractivity contribution in [2.75, 3.05) is 24.2 Å². The highest BCUT2D eigenvalue weighted by molar-refractivity contribution is 7.99. The van der Waals surface area contributed by atoms with Gasteiger partial charge in [0, 0.05) is 13.1 Å². The van der Waals surface area contributed by atoms with E-state index >= 15 is 0 Å². The second-order valence-corrected chi connectivity index (χ2v) is 8.60. The summed E-state index contributed by atoms with van der Waals surface area (Å²) in [5.74, 6) is 2.03. The molecular weight excluding hydrogens is 396 g/mol. The van der Waals surface area contributed by atoms with E-state index in [9.17, 15) is 4.79 Å². The predicted octanol–water partition coefficient (Wildman–Crippen LogP) is 2.60. The number of amides is 1. The zero-order valence-corrected chi connectivity index (χ0v) is 18.0. The van der Waals surface area contributed by atoms with E-state index < -0.39 is 0 Å². The fraction of sp³-hybridized carbons (Fsp3) is 0.529. The average Bonchev–Trinajstić information content (AvgIpc) is 3.26.